The Morgan fingerprint density at radius 2 is 2.06 bits per heavy atom. The van der Waals surface area contributed by atoms with Crippen LogP contribution in [-0.4, -0.2) is 18.1 Å². The van der Waals surface area contributed by atoms with Gasteiger partial charge in [0.1, 0.15) is 0 Å². The first-order valence-electron chi connectivity index (χ1n) is 7.45. The van der Waals surface area contributed by atoms with E-state index >= 15 is 0 Å². The fraction of sp³-hybridized carbons (Fsp3) is 0.688. The monoisotopic (exact) mass is 242 g/mol. The molecule has 18 heavy (non-hydrogen) atoms. The topological polar surface area (TPSA) is 24.9 Å². The lowest BCUT2D eigenvalue weighted by Gasteiger charge is -2.19. The van der Waals surface area contributed by atoms with Gasteiger partial charge in [0.15, 0.2) is 0 Å². The first kappa shape index (κ1) is 11.0. The molecule has 3 saturated carbocycles. The van der Waals surface area contributed by atoms with Gasteiger partial charge in [-0.05, 0) is 68.0 Å². The van der Waals surface area contributed by atoms with Crippen molar-refractivity contribution in [2.24, 2.45) is 29.6 Å². The lowest BCUT2D eigenvalue weighted by Crippen LogP contribution is -2.32. The molecule has 3 fully saturated rings. The molecule has 0 aromatic carbocycles. The van der Waals surface area contributed by atoms with Crippen molar-refractivity contribution in [3.8, 4) is 0 Å². The van der Waals surface area contributed by atoms with Crippen LogP contribution < -0.4 is 5.32 Å². The smallest absolute Gasteiger partial charge is 0.0419 e. The zero-order valence-corrected chi connectivity index (χ0v) is 11.0. The summed E-state index contributed by atoms with van der Waals surface area (Å²) >= 11 is 0. The van der Waals surface area contributed by atoms with Gasteiger partial charge in [-0.25, -0.2) is 0 Å². The minimum Gasteiger partial charge on any atom is -0.316 e. The highest BCUT2D eigenvalue weighted by Gasteiger charge is 2.66. The summed E-state index contributed by atoms with van der Waals surface area (Å²) in [6.07, 6.45) is 7.60. The van der Waals surface area contributed by atoms with Crippen LogP contribution in [0.15, 0.2) is 24.4 Å². The highest BCUT2D eigenvalue weighted by molar-refractivity contribution is 5.17. The van der Waals surface area contributed by atoms with Crippen LogP contribution in [0.3, 0.4) is 0 Å². The largest absolute Gasteiger partial charge is 0.316 e. The molecule has 1 aromatic rings. The first-order valence-corrected chi connectivity index (χ1v) is 7.45. The zero-order chi connectivity index (χ0) is 12.1. The molecule has 2 nitrogen and oxygen atoms in total. The first-order chi connectivity index (χ1) is 8.88. The minimum atomic E-state index is 0.651. The summed E-state index contributed by atoms with van der Waals surface area (Å²) in [5.41, 5.74) is 1.24. The summed E-state index contributed by atoms with van der Waals surface area (Å²) in [5, 5.41) is 3.57. The standard InChI is InChI=1S/C16H22N2/c1-17-13(9-12-4-2-3-7-18-12)16-14-10-5-6-11(8-10)15(14)16/h2-4,7,10-11,13-17H,5-6,8-9H2,1H3. The second-order valence-electron chi connectivity index (χ2n) is 6.49. The second-order valence-corrected chi connectivity index (χ2v) is 6.49. The Morgan fingerprint density at radius 1 is 1.28 bits per heavy atom. The Morgan fingerprint density at radius 3 is 2.67 bits per heavy atom. The third-order valence-corrected chi connectivity index (χ3v) is 5.79. The van der Waals surface area contributed by atoms with Gasteiger partial charge < -0.3 is 5.32 Å². The van der Waals surface area contributed by atoms with Crippen molar-refractivity contribution in [1.82, 2.24) is 10.3 Å². The van der Waals surface area contributed by atoms with Gasteiger partial charge >= 0.3 is 0 Å². The van der Waals surface area contributed by atoms with Gasteiger partial charge in [-0.15, -0.1) is 0 Å². The summed E-state index contributed by atoms with van der Waals surface area (Å²) in [6.45, 7) is 0. The lowest BCUT2D eigenvalue weighted by atomic mass is 9.95. The molecule has 0 amide bonds. The van der Waals surface area contributed by atoms with E-state index in [1.54, 1.807) is 6.42 Å². The Balaban J connectivity index is 1.47. The Bertz CT molecular complexity index is 414. The third kappa shape index (κ3) is 1.55. The SMILES string of the molecule is CNC(Cc1ccccn1)C1C2C3CCC(C3)C21. The molecule has 0 saturated heterocycles. The van der Waals surface area contributed by atoms with Crippen molar-refractivity contribution in [2.75, 3.05) is 7.05 Å². The molecule has 0 radical (unpaired) electrons. The van der Waals surface area contributed by atoms with Gasteiger partial charge in [-0.2, -0.15) is 0 Å². The molecule has 96 valence electrons. The van der Waals surface area contributed by atoms with E-state index in [0.29, 0.717) is 6.04 Å². The van der Waals surface area contributed by atoms with Crippen LogP contribution in [0.25, 0.3) is 0 Å². The van der Waals surface area contributed by atoms with Gasteiger partial charge in [0, 0.05) is 24.4 Å². The summed E-state index contributed by atoms with van der Waals surface area (Å²) in [4.78, 5) is 4.48. The van der Waals surface area contributed by atoms with E-state index in [1.807, 2.05) is 12.3 Å². The Hall–Kier alpha value is -0.890. The minimum absolute atomic E-state index is 0.651. The van der Waals surface area contributed by atoms with Gasteiger partial charge in [0.2, 0.25) is 0 Å². The molecule has 0 spiro atoms. The molecule has 3 aliphatic rings. The highest BCUT2D eigenvalue weighted by Crippen LogP contribution is 2.70. The fourth-order valence-corrected chi connectivity index (χ4v) is 5.11. The molecule has 5 unspecified atom stereocenters. The normalized spacial score (nSPS) is 41.7. The summed E-state index contributed by atoms with van der Waals surface area (Å²) < 4.78 is 0. The average molecular weight is 242 g/mol. The van der Waals surface area contributed by atoms with Crippen LogP contribution in [0, 0.1) is 29.6 Å². The van der Waals surface area contributed by atoms with Crippen molar-refractivity contribution in [3.63, 3.8) is 0 Å². The average Bonchev–Trinajstić information content (AvgIpc) is 2.84. The zero-order valence-electron chi connectivity index (χ0n) is 11.0. The van der Waals surface area contributed by atoms with Crippen LogP contribution in [-0.2, 0) is 6.42 Å². The molecular formula is C16H22N2. The van der Waals surface area contributed by atoms with Crippen molar-refractivity contribution in [2.45, 2.75) is 31.7 Å². The number of pyridine rings is 1. The van der Waals surface area contributed by atoms with Crippen molar-refractivity contribution in [3.05, 3.63) is 30.1 Å². The molecule has 2 bridgehead atoms. The van der Waals surface area contributed by atoms with Gasteiger partial charge in [0.25, 0.3) is 0 Å². The predicted molar refractivity (Wildman–Crippen MR) is 72.1 cm³/mol. The number of aromatic nitrogens is 1. The van der Waals surface area contributed by atoms with E-state index in [2.05, 4.69) is 29.5 Å². The quantitative estimate of drug-likeness (QED) is 0.877. The number of rotatable bonds is 4. The van der Waals surface area contributed by atoms with E-state index in [4.69, 9.17) is 0 Å². The van der Waals surface area contributed by atoms with Gasteiger partial charge in [0.05, 0.1) is 0 Å². The third-order valence-electron chi connectivity index (χ3n) is 5.79. The Labute approximate surface area is 109 Å². The number of hydrogen-bond donors (Lipinski definition) is 1. The van der Waals surface area contributed by atoms with Crippen molar-refractivity contribution >= 4 is 0 Å². The summed E-state index contributed by atoms with van der Waals surface area (Å²) in [6, 6.07) is 6.92. The van der Waals surface area contributed by atoms with Crippen LogP contribution in [0.1, 0.15) is 25.0 Å². The van der Waals surface area contributed by atoms with Gasteiger partial charge in [-0.1, -0.05) is 6.07 Å². The number of nitrogens with zero attached hydrogens (tertiary/aromatic N) is 1. The molecule has 0 aliphatic heterocycles. The highest BCUT2D eigenvalue weighted by atomic mass is 14.9. The lowest BCUT2D eigenvalue weighted by molar-refractivity contribution is 0.375. The predicted octanol–water partition coefficient (Wildman–Crippen LogP) is 2.50. The van der Waals surface area contributed by atoms with E-state index in [1.165, 1.54) is 18.5 Å². The van der Waals surface area contributed by atoms with Crippen molar-refractivity contribution in [1.29, 1.82) is 0 Å². The maximum Gasteiger partial charge on any atom is 0.0419 e. The number of nitrogens with one attached hydrogen (secondary N) is 1. The molecule has 5 atom stereocenters. The van der Waals surface area contributed by atoms with Crippen LogP contribution in [0.2, 0.25) is 0 Å². The van der Waals surface area contributed by atoms with E-state index < -0.39 is 0 Å². The van der Waals surface area contributed by atoms with Crippen molar-refractivity contribution < 1.29 is 0 Å². The molecule has 4 rings (SSSR count). The molecule has 1 heterocycles. The molecule has 1 N–H and O–H groups in total. The molecule has 2 heteroatoms. The maximum absolute atomic E-state index is 4.48. The van der Waals surface area contributed by atoms with E-state index in [9.17, 15) is 0 Å². The Kier molecular flexibility index (Phi) is 2.47. The fourth-order valence-electron chi connectivity index (χ4n) is 5.11. The summed E-state index contributed by atoms with van der Waals surface area (Å²) in [5.74, 6) is 5.22. The number of hydrogen-bond acceptors (Lipinski definition) is 2. The second kappa shape index (κ2) is 4.06. The van der Waals surface area contributed by atoms with E-state index in [-0.39, 0.29) is 0 Å². The van der Waals surface area contributed by atoms with Crippen LogP contribution in [0.4, 0.5) is 0 Å². The molecular weight excluding hydrogens is 220 g/mol. The molecule has 3 aliphatic carbocycles. The molecule has 1 aromatic heterocycles. The van der Waals surface area contributed by atoms with Crippen LogP contribution in [0.5, 0.6) is 0 Å². The van der Waals surface area contributed by atoms with Crippen LogP contribution >= 0.6 is 0 Å². The summed E-state index contributed by atoms with van der Waals surface area (Å²) in [7, 11) is 2.13. The number of fused-ring (bicyclic) bond motifs is 5. The van der Waals surface area contributed by atoms with E-state index in [0.717, 1.165) is 36.0 Å². The van der Waals surface area contributed by atoms with Gasteiger partial charge in [-0.3, -0.25) is 4.98 Å². The number of likely N-dealkylation sites (N-methyl/N-ethyl adjacent to an activating group) is 1. The maximum atomic E-state index is 4.48.